The summed E-state index contributed by atoms with van der Waals surface area (Å²) in [6, 6.07) is 10.8. The Kier molecular flexibility index (Phi) is 10.5. The molecule has 2 aromatic carbocycles. The smallest absolute Gasteiger partial charge is 0.304 e. The Hall–Kier alpha value is -2.69. The molecule has 1 N–H and O–H groups in total. The van der Waals surface area contributed by atoms with Crippen LogP contribution in [0.5, 0.6) is 0 Å². The third kappa shape index (κ3) is 7.91. The van der Waals surface area contributed by atoms with Crippen LogP contribution in [0.1, 0.15) is 32.3 Å². The monoisotopic (exact) mass is 526 g/mol. The molecular weight excluding hydrogens is 495 g/mol. The summed E-state index contributed by atoms with van der Waals surface area (Å²) in [6.07, 6.45) is 1.69. The number of halogens is 2. The number of nitrogens with one attached hydrogen (secondary N) is 1. The van der Waals surface area contributed by atoms with Crippen molar-refractivity contribution in [3.63, 3.8) is 0 Å². The second-order valence-electron chi connectivity index (χ2n) is 8.25. The molecule has 2 aromatic rings. The van der Waals surface area contributed by atoms with Crippen molar-refractivity contribution in [2.24, 2.45) is 0 Å². The van der Waals surface area contributed by atoms with Gasteiger partial charge in [-0.05, 0) is 55.3 Å². The van der Waals surface area contributed by atoms with Gasteiger partial charge in [0.15, 0.2) is 0 Å². The molecule has 0 aliphatic rings. The maximum Gasteiger partial charge on any atom is 0.304 e. The summed E-state index contributed by atoms with van der Waals surface area (Å²) >= 11 is 6.10. The van der Waals surface area contributed by atoms with E-state index in [2.05, 4.69) is 5.32 Å². The molecule has 0 aliphatic carbocycles. The highest BCUT2D eigenvalue weighted by atomic mass is 35.5. The largest absolute Gasteiger partial charge is 0.354 e. The van der Waals surface area contributed by atoms with E-state index in [1.165, 1.54) is 31.1 Å². The molecule has 0 fully saturated rings. The van der Waals surface area contributed by atoms with Gasteiger partial charge >= 0.3 is 10.2 Å². The topological polar surface area (TPSA) is 90.0 Å². The Balaban J connectivity index is 2.40. The lowest BCUT2D eigenvalue weighted by Crippen LogP contribution is -2.52. The molecule has 192 valence electrons. The van der Waals surface area contributed by atoms with Crippen LogP contribution in [-0.4, -0.2) is 62.7 Å². The van der Waals surface area contributed by atoms with Crippen LogP contribution in [0.2, 0.25) is 5.02 Å². The molecular formula is C24H32ClFN4O4S. The lowest BCUT2D eigenvalue weighted by molar-refractivity contribution is -0.139. The van der Waals surface area contributed by atoms with E-state index in [9.17, 15) is 22.4 Å². The summed E-state index contributed by atoms with van der Waals surface area (Å²) in [7, 11) is -1.43. The summed E-state index contributed by atoms with van der Waals surface area (Å²) < 4.78 is 41.4. The Labute approximate surface area is 211 Å². The molecule has 0 saturated carbocycles. The molecule has 0 radical (unpaired) electrons. The SMILES string of the molecule is CCCCNC(=O)[C@@H](C)N(Cc1cccc(Cl)c1)C(=O)CN(c1ccc(F)cc1)S(=O)(=O)N(C)C. The molecule has 0 bridgehead atoms. The first-order chi connectivity index (χ1) is 16.5. The summed E-state index contributed by atoms with van der Waals surface area (Å²) in [5, 5.41) is 3.29. The van der Waals surface area contributed by atoms with E-state index in [0.717, 1.165) is 33.6 Å². The second kappa shape index (κ2) is 12.9. The van der Waals surface area contributed by atoms with Gasteiger partial charge in [-0.2, -0.15) is 12.7 Å². The lowest BCUT2D eigenvalue weighted by Gasteiger charge is -2.32. The molecule has 11 heteroatoms. The zero-order chi connectivity index (χ0) is 26.2. The highest BCUT2D eigenvalue weighted by Gasteiger charge is 2.32. The molecule has 1 atom stereocenters. The number of carbonyl (C=O) groups excluding carboxylic acids is 2. The summed E-state index contributed by atoms with van der Waals surface area (Å²) in [5.74, 6) is -1.49. The van der Waals surface area contributed by atoms with E-state index < -0.39 is 34.5 Å². The van der Waals surface area contributed by atoms with Crippen molar-refractivity contribution >= 4 is 39.3 Å². The van der Waals surface area contributed by atoms with E-state index in [1.807, 2.05) is 6.92 Å². The molecule has 0 aliphatic heterocycles. The fourth-order valence-electron chi connectivity index (χ4n) is 3.27. The van der Waals surface area contributed by atoms with Crippen LogP contribution in [-0.2, 0) is 26.3 Å². The van der Waals surface area contributed by atoms with E-state index in [1.54, 1.807) is 31.2 Å². The van der Waals surface area contributed by atoms with Gasteiger partial charge < -0.3 is 10.2 Å². The second-order valence-corrected chi connectivity index (χ2v) is 10.7. The number of amides is 2. The highest BCUT2D eigenvalue weighted by Crippen LogP contribution is 2.21. The van der Waals surface area contributed by atoms with E-state index >= 15 is 0 Å². The highest BCUT2D eigenvalue weighted by molar-refractivity contribution is 7.90. The van der Waals surface area contributed by atoms with Crippen LogP contribution in [0, 0.1) is 5.82 Å². The molecule has 0 spiro atoms. The summed E-state index contributed by atoms with van der Waals surface area (Å²) in [5.41, 5.74) is 0.805. The standard InChI is InChI=1S/C24H32ClFN4O4S/c1-5-6-14-27-24(32)18(2)29(16-19-8-7-9-20(25)15-19)23(31)17-30(35(33,34)28(3)4)22-12-10-21(26)11-13-22/h7-13,15,18H,5-6,14,16-17H2,1-4H3,(H,27,32)/t18-/m1/s1. The minimum absolute atomic E-state index is 0.0427. The van der Waals surface area contributed by atoms with Crippen LogP contribution in [0.4, 0.5) is 10.1 Å². The van der Waals surface area contributed by atoms with Gasteiger partial charge in [0, 0.05) is 32.2 Å². The Morgan fingerprint density at radius 1 is 1.11 bits per heavy atom. The summed E-state index contributed by atoms with van der Waals surface area (Å²) in [6.45, 7) is 3.52. The number of benzene rings is 2. The quantitative estimate of drug-likeness (QED) is 0.429. The maximum absolute atomic E-state index is 13.5. The summed E-state index contributed by atoms with van der Waals surface area (Å²) in [4.78, 5) is 27.7. The molecule has 2 amide bonds. The van der Waals surface area contributed by atoms with Crippen LogP contribution in [0.3, 0.4) is 0 Å². The van der Waals surface area contributed by atoms with Gasteiger partial charge in [-0.25, -0.2) is 8.70 Å². The fourth-order valence-corrected chi connectivity index (χ4v) is 4.54. The first kappa shape index (κ1) is 28.5. The molecule has 2 rings (SSSR count). The molecule has 35 heavy (non-hydrogen) atoms. The predicted octanol–water partition coefficient (Wildman–Crippen LogP) is 3.43. The van der Waals surface area contributed by atoms with Gasteiger partial charge in [-0.3, -0.25) is 9.59 Å². The first-order valence-corrected chi connectivity index (χ1v) is 13.0. The van der Waals surface area contributed by atoms with Crippen molar-refractivity contribution in [2.45, 2.75) is 39.3 Å². The van der Waals surface area contributed by atoms with Crippen molar-refractivity contribution in [3.05, 3.63) is 64.9 Å². The Morgan fingerprint density at radius 3 is 2.34 bits per heavy atom. The van der Waals surface area contributed by atoms with Gasteiger partial charge in [0.1, 0.15) is 18.4 Å². The van der Waals surface area contributed by atoms with E-state index in [4.69, 9.17) is 11.6 Å². The minimum Gasteiger partial charge on any atom is -0.354 e. The van der Waals surface area contributed by atoms with Crippen molar-refractivity contribution in [2.75, 3.05) is 31.5 Å². The number of unbranched alkanes of at least 4 members (excludes halogenated alkanes) is 1. The number of nitrogens with zero attached hydrogens (tertiary/aromatic N) is 3. The van der Waals surface area contributed by atoms with Gasteiger partial charge in [-0.1, -0.05) is 37.1 Å². The molecule has 0 heterocycles. The van der Waals surface area contributed by atoms with Gasteiger partial charge in [0.2, 0.25) is 11.8 Å². The average molecular weight is 527 g/mol. The zero-order valence-corrected chi connectivity index (χ0v) is 21.9. The molecule has 0 saturated heterocycles. The maximum atomic E-state index is 13.5. The lowest BCUT2D eigenvalue weighted by atomic mass is 10.1. The van der Waals surface area contributed by atoms with Crippen LogP contribution >= 0.6 is 11.6 Å². The Bertz CT molecular complexity index is 1110. The number of carbonyl (C=O) groups is 2. The minimum atomic E-state index is -4.10. The number of anilines is 1. The number of hydrogen-bond acceptors (Lipinski definition) is 4. The van der Waals surface area contributed by atoms with Crippen molar-refractivity contribution in [1.29, 1.82) is 0 Å². The third-order valence-corrected chi connectivity index (χ3v) is 7.43. The predicted molar refractivity (Wildman–Crippen MR) is 136 cm³/mol. The normalized spacial score (nSPS) is 12.3. The van der Waals surface area contributed by atoms with Gasteiger partial charge in [-0.15, -0.1) is 0 Å². The van der Waals surface area contributed by atoms with Gasteiger partial charge in [0.05, 0.1) is 5.69 Å². The van der Waals surface area contributed by atoms with Crippen molar-refractivity contribution < 1.29 is 22.4 Å². The van der Waals surface area contributed by atoms with Gasteiger partial charge in [0.25, 0.3) is 0 Å². The van der Waals surface area contributed by atoms with Crippen LogP contribution < -0.4 is 9.62 Å². The third-order valence-electron chi connectivity index (χ3n) is 5.37. The zero-order valence-electron chi connectivity index (χ0n) is 20.4. The molecule has 0 unspecified atom stereocenters. The number of rotatable bonds is 12. The Morgan fingerprint density at radius 2 is 1.77 bits per heavy atom. The average Bonchev–Trinajstić information content (AvgIpc) is 2.81. The first-order valence-electron chi connectivity index (χ1n) is 11.2. The van der Waals surface area contributed by atoms with Crippen molar-refractivity contribution in [1.82, 2.24) is 14.5 Å². The molecule has 0 aromatic heterocycles. The van der Waals surface area contributed by atoms with E-state index in [0.29, 0.717) is 17.1 Å². The van der Waals surface area contributed by atoms with Crippen molar-refractivity contribution in [3.8, 4) is 0 Å². The van der Waals surface area contributed by atoms with E-state index in [-0.39, 0.29) is 18.1 Å². The van der Waals surface area contributed by atoms with Crippen LogP contribution in [0.25, 0.3) is 0 Å². The fraction of sp³-hybridized carbons (Fsp3) is 0.417. The molecule has 8 nitrogen and oxygen atoms in total. The number of hydrogen-bond donors (Lipinski definition) is 1. The van der Waals surface area contributed by atoms with Crippen LogP contribution in [0.15, 0.2) is 48.5 Å².